The minimum atomic E-state index is -1.97. The van der Waals surface area contributed by atoms with Crippen molar-refractivity contribution in [1.29, 1.82) is 0 Å². The molecule has 98 valence electrons. The van der Waals surface area contributed by atoms with Crippen molar-refractivity contribution in [3.63, 3.8) is 0 Å². The second-order valence-corrected chi connectivity index (χ2v) is 3.14. The van der Waals surface area contributed by atoms with Crippen molar-refractivity contribution in [1.82, 2.24) is 0 Å². The number of carbonyl (C=O) groups is 1. The normalized spacial score (nSPS) is 13.6. The number of carbonyl (C=O) groups excluding carboxylic acids is 1. The Bertz CT molecular complexity index is 358. The summed E-state index contributed by atoms with van der Waals surface area (Å²) in [6.07, 6.45) is -1.97. The summed E-state index contributed by atoms with van der Waals surface area (Å²) >= 11 is 0. The van der Waals surface area contributed by atoms with Crippen molar-refractivity contribution in [2.75, 3.05) is 6.61 Å². The average Bonchev–Trinajstić information content (AvgIpc) is 2.75. The molecule has 17 heavy (non-hydrogen) atoms. The topological polar surface area (TPSA) is 85.7 Å². The van der Waals surface area contributed by atoms with E-state index in [9.17, 15) is 9.18 Å². The first-order chi connectivity index (χ1) is 7.60. The maximum atomic E-state index is 13.5. The third kappa shape index (κ3) is 3.99. The highest BCUT2D eigenvalue weighted by Crippen LogP contribution is 2.20. The second kappa shape index (κ2) is 7.26. The number of esters is 1. The maximum Gasteiger partial charge on any atom is 0.342 e. The molecule has 1 unspecified atom stereocenters. The van der Waals surface area contributed by atoms with Crippen molar-refractivity contribution in [3.05, 3.63) is 23.7 Å². The number of halogens is 2. The van der Waals surface area contributed by atoms with Crippen molar-refractivity contribution >= 4 is 18.4 Å². The van der Waals surface area contributed by atoms with E-state index in [4.69, 9.17) is 15.3 Å². The quantitative estimate of drug-likeness (QED) is 0.780. The van der Waals surface area contributed by atoms with Gasteiger partial charge in [-0.05, 0) is 19.1 Å². The van der Waals surface area contributed by atoms with E-state index in [1.807, 2.05) is 0 Å². The van der Waals surface area contributed by atoms with Crippen molar-refractivity contribution < 1.29 is 23.4 Å². The molecule has 2 atom stereocenters. The van der Waals surface area contributed by atoms with E-state index in [0.717, 1.165) is 0 Å². The van der Waals surface area contributed by atoms with Crippen LogP contribution in [0.1, 0.15) is 24.5 Å². The van der Waals surface area contributed by atoms with Gasteiger partial charge in [0.1, 0.15) is 24.2 Å². The zero-order valence-corrected chi connectivity index (χ0v) is 10.1. The first kappa shape index (κ1) is 15.9. The molecule has 0 aliphatic rings. The Kier molecular flexibility index (Phi) is 6.79. The monoisotopic (exact) mass is 267 g/mol. The van der Waals surface area contributed by atoms with Crippen LogP contribution in [0.5, 0.6) is 0 Å². The number of nitrogens with two attached hydrogens (primary N) is 1. The molecule has 7 heteroatoms. The van der Waals surface area contributed by atoms with E-state index in [1.54, 1.807) is 6.92 Å². The summed E-state index contributed by atoms with van der Waals surface area (Å²) in [7, 11) is 0. The lowest BCUT2D eigenvalue weighted by Gasteiger charge is -2.12. The summed E-state index contributed by atoms with van der Waals surface area (Å²) in [6, 6.07) is 1.66. The first-order valence-corrected chi connectivity index (χ1v) is 4.85. The fraction of sp³-hybridized carbons (Fsp3) is 0.500. The van der Waals surface area contributed by atoms with Gasteiger partial charge in [0.25, 0.3) is 0 Å². The summed E-state index contributed by atoms with van der Waals surface area (Å²) in [4.78, 5) is 11.1. The number of ether oxygens (including phenoxy) is 1. The standard InChI is InChI=1S/C10H14FNO4.ClH/c1-2-15-10(14)8(11)9(12)7-4-3-6(5-13)16-7;/h3-4,8-9,13H,2,5,12H2,1H3;1H/t8?,9-;/m0./s1. The molecule has 0 saturated heterocycles. The highest BCUT2D eigenvalue weighted by atomic mass is 35.5. The minimum Gasteiger partial charge on any atom is -0.464 e. The molecule has 0 aliphatic heterocycles. The van der Waals surface area contributed by atoms with Crippen LogP contribution in [-0.4, -0.2) is 23.9 Å². The Morgan fingerprint density at radius 1 is 1.65 bits per heavy atom. The van der Waals surface area contributed by atoms with E-state index >= 15 is 0 Å². The fourth-order valence-corrected chi connectivity index (χ4v) is 1.17. The number of alkyl halides is 1. The van der Waals surface area contributed by atoms with Crippen molar-refractivity contribution in [2.24, 2.45) is 5.73 Å². The molecule has 0 bridgehead atoms. The summed E-state index contributed by atoms with van der Waals surface area (Å²) in [5.41, 5.74) is 5.49. The third-order valence-corrected chi connectivity index (χ3v) is 1.99. The molecule has 3 N–H and O–H groups in total. The lowest BCUT2D eigenvalue weighted by Crippen LogP contribution is -2.31. The molecule has 5 nitrogen and oxygen atoms in total. The first-order valence-electron chi connectivity index (χ1n) is 4.85. The van der Waals surface area contributed by atoms with Gasteiger partial charge in [-0.1, -0.05) is 0 Å². The highest BCUT2D eigenvalue weighted by molar-refractivity contribution is 5.85. The van der Waals surface area contributed by atoms with Crippen LogP contribution in [0.15, 0.2) is 16.5 Å². The molecule has 0 saturated carbocycles. The summed E-state index contributed by atoms with van der Waals surface area (Å²) in [5.74, 6) is -0.650. The summed E-state index contributed by atoms with van der Waals surface area (Å²) in [6.45, 7) is 1.36. The van der Waals surface area contributed by atoms with Gasteiger partial charge in [0.05, 0.1) is 6.61 Å². The second-order valence-electron chi connectivity index (χ2n) is 3.14. The van der Waals surface area contributed by atoms with Crippen molar-refractivity contribution in [3.8, 4) is 0 Å². The van der Waals surface area contributed by atoms with Gasteiger partial charge < -0.3 is 20.0 Å². The van der Waals surface area contributed by atoms with Gasteiger partial charge in [-0.25, -0.2) is 9.18 Å². The smallest absolute Gasteiger partial charge is 0.342 e. The van der Waals surface area contributed by atoms with Gasteiger partial charge in [0, 0.05) is 0 Å². The molecule has 0 aromatic carbocycles. The van der Waals surface area contributed by atoms with Gasteiger partial charge in [0.2, 0.25) is 6.17 Å². The molecule has 1 aromatic rings. The predicted octanol–water partition coefficient (Wildman–Crippen LogP) is 1.09. The van der Waals surface area contributed by atoms with Crippen LogP contribution in [0.3, 0.4) is 0 Å². The Labute approximate surface area is 104 Å². The number of hydrogen-bond acceptors (Lipinski definition) is 5. The lowest BCUT2D eigenvalue weighted by molar-refractivity contribution is -0.150. The Balaban J connectivity index is 0.00000256. The van der Waals surface area contributed by atoms with Crippen LogP contribution >= 0.6 is 12.4 Å². The van der Waals surface area contributed by atoms with E-state index in [1.165, 1.54) is 12.1 Å². The van der Waals surface area contributed by atoms with Crippen molar-refractivity contribution in [2.45, 2.75) is 25.7 Å². The van der Waals surface area contributed by atoms with Crippen LogP contribution in [0.4, 0.5) is 4.39 Å². The number of furan rings is 1. The van der Waals surface area contributed by atoms with Gasteiger partial charge in [0.15, 0.2) is 0 Å². The van der Waals surface area contributed by atoms with E-state index in [2.05, 4.69) is 4.74 Å². The van der Waals surface area contributed by atoms with Crippen LogP contribution in [0, 0.1) is 0 Å². The largest absolute Gasteiger partial charge is 0.464 e. The van der Waals surface area contributed by atoms with Gasteiger partial charge >= 0.3 is 5.97 Å². The SMILES string of the molecule is CCOC(=O)C(F)[C@@H](N)c1ccc(CO)o1.Cl. The highest BCUT2D eigenvalue weighted by Gasteiger charge is 2.29. The fourth-order valence-electron chi connectivity index (χ4n) is 1.17. The third-order valence-electron chi connectivity index (χ3n) is 1.99. The number of rotatable bonds is 5. The molecule has 0 fully saturated rings. The van der Waals surface area contributed by atoms with Gasteiger partial charge in [-0.3, -0.25) is 0 Å². The number of hydrogen-bond donors (Lipinski definition) is 2. The Morgan fingerprint density at radius 3 is 2.76 bits per heavy atom. The predicted molar refractivity (Wildman–Crippen MR) is 60.3 cm³/mol. The number of aliphatic hydroxyl groups is 1. The van der Waals surface area contributed by atoms with Gasteiger partial charge in [-0.15, -0.1) is 12.4 Å². The maximum absolute atomic E-state index is 13.5. The molecule has 1 aromatic heterocycles. The zero-order chi connectivity index (χ0) is 12.1. The van der Waals surface area contributed by atoms with Gasteiger partial charge in [-0.2, -0.15) is 0 Å². The summed E-state index contributed by atoms with van der Waals surface area (Å²) in [5, 5.41) is 8.74. The molecule has 1 rings (SSSR count). The molecule has 0 aliphatic carbocycles. The Morgan fingerprint density at radius 2 is 2.29 bits per heavy atom. The molecular weight excluding hydrogens is 253 g/mol. The lowest BCUT2D eigenvalue weighted by atomic mass is 10.1. The zero-order valence-electron chi connectivity index (χ0n) is 9.26. The molecule has 0 radical (unpaired) electrons. The summed E-state index contributed by atoms with van der Waals surface area (Å²) < 4.78 is 23.0. The minimum absolute atomic E-state index is 0. The van der Waals surface area contributed by atoms with Crippen LogP contribution in [-0.2, 0) is 16.1 Å². The molecule has 1 heterocycles. The van der Waals surface area contributed by atoms with E-state index in [0.29, 0.717) is 0 Å². The van der Waals surface area contributed by atoms with E-state index < -0.39 is 18.2 Å². The van der Waals surface area contributed by atoms with Crippen LogP contribution in [0.2, 0.25) is 0 Å². The van der Waals surface area contributed by atoms with Crippen LogP contribution in [0.25, 0.3) is 0 Å². The Hall–Kier alpha value is -1.11. The molecule has 0 amide bonds. The van der Waals surface area contributed by atoms with Crippen LogP contribution < -0.4 is 5.73 Å². The average molecular weight is 268 g/mol. The number of aliphatic hydroxyl groups excluding tert-OH is 1. The molecular formula is C10H15ClFNO4. The van der Waals surface area contributed by atoms with E-state index in [-0.39, 0.29) is 37.1 Å². The molecule has 0 spiro atoms.